The van der Waals surface area contributed by atoms with Crippen LogP contribution in [-0.4, -0.2) is 49.1 Å². The van der Waals surface area contributed by atoms with Gasteiger partial charge in [0.05, 0.1) is 24.2 Å². The number of ether oxygens (including phenoxy) is 2. The van der Waals surface area contributed by atoms with Crippen molar-refractivity contribution in [3.63, 3.8) is 0 Å². The molecule has 0 atom stereocenters. The smallest absolute Gasteiger partial charge is 0.244 e. The van der Waals surface area contributed by atoms with Gasteiger partial charge in [-0.3, -0.25) is 5.10 Å². The van der Waals surface area contributed by atoms with Crippen LogP contribution in [0, 0.1) is 13.8 Å². The van der Waals surface area contributed by atoms with Crippen LogP contribution in [0.15, 0.2) is 41.3 Å². The summed E-state index contributed by atoms with van der Waals surface area (Å²) in [7, 11) is -2.04. The molecule has 0 aliphatic rings. The number of aromatic nitrogens is 4. The molecule has 0 unspecified atom stereocenters. The second-order valence-electron chi connectivity index (χ2n) is 5.99. The van der Waals surface area contributed by atoms with E-state index in [0.717, 1.165) is 11.3 Å². The van der Waals surface area contributed by atoms with Crippen LogP contribution in [0.2, 0.25) is 0 Å². The lowest BCUT2D eigenvalue weighted by Crippen LogP contribution is -2.29. The number of aromatic amines is 1. The first kappa shape index (κ1) is 19.8. The first-order valence-corrected chi connectivity index (χ1v) is 10.0. The molecule has 1 aromatic carbocycles. The predicted molar refractivity (Wildman–Crippen MR) is 103 cm³/mol. The van der Waals surface area contributed by atoms with Crippen molar-refractivity contribution in [2.24, 2.45) is 0 Å². The molecule has 0 fully saturated rings. The lowest BCUT2D eigenvalue weighted by Gasteiger charge is -2.08. The first-order valence-electron chi connectivity index (χ1n) is 8.53. The Bertz CT molecular complexity index is 1010. The zero-order valence-corrected chi connectivity index (χ0v) is 16.6. The van der Waals surface area contributed by atoms with Gasteiger partial charge in [-0.1, -0.05) is 0 Å². The predicted octanol–water partition coefficient (Wildman–Crippen LogP) is 1.85. The monoisotopic (exact) mass is 403 g/mol. The average molecular weight is 403 g/mol. The highest BCUT2D eigenvalue weighted by molar-refractivity contribution is 7.89. The van der Waals surface area contributed by atoms with Crippen LogP contribution in [0.3, 0.4) is 0 Å². The number of nitrogens with one attached hydrogen (secondary N) is 2. The van der Waals surface area contributed by atoms with E-state index in [2.05, 4.69) is 25.1 Å². The second-order valence-corrected chi connectivity index (χ2v) is 7.70. The van der Waals surface area contributed by atoms with Crippen molar-refractivity contribution < 1.29 is 17.9 Å². The van der Waals surface area contributed by atoms with E-state index >= 15 is 0 Å². The molecule has 0 saturated carbocycles. The number of benzene rings is 1. The van der Waals surface area contributed by atoms with Crippen molar-refractivity contribution in [1.29, 1.82) is 0 Å². The molecule has 2 N–H and O–H groups in total. The topological polar surface area (TPSA) is 119 Å². The summed E-state index contributed by atoms with van der Waals surface area (Å²) in [6, 6.07) is 10.9. The number of H-pyrrole nitrogens is 1. The Morgan fingerprint density at radius 1 is 1.07 bits per heavy atom. The summed E-state index contributed by atoms with van der Waals surface area (Å²) in [5, 5.41) is 14.7. The number of hydrogen-bond acceptors (Lipinski definition) is 7. The Morgan fingerprint density at radius 2 is 1.82 bits per heavy atom. The SMILES string of the molecule is COc1ccc(-c2ccc(OCCNS(=O)(=O)c3c(C)n[nH]c3C)nn2)cc1. The van der Waals surface area contributed by atoms with Gasteiger partial charge in [0.25, 0.3) is 0 Å². The van der Waals surface area contributed by atoms with E-state index in [1.165, 1.54) is 0 Å². The Balaban J connectivity index is 1.54. The minimum Gasteiger partial charge on any atom is -0.497 e. The van der Waals surface area contributed by atoms with Gasteiger partial charge >= 0.3 is 0 Å². The molecule has 0 spiro atoms. The summed E-state index contributed by atoms with van der Waals surface area (Å²) < 4.78 is 37.7. The van der Waals surface area contributed by atoms with Gasteiger partial charge in [-0.15, -0.1) is 10.2 Å². The van der Waals surface area contributed by atoms with E-state index in [1.54, 1.807) is 33.1 Å². The molecule has 9 nitrogen and oxygen atoms in total. The molecule has 28 heavy (non-hydrogen) atoms. The van der Waals surface area contributed by atoms with Gasteiger partial charge in [0.1, 0.15) is 17.3 Å². The lowest BCUT2D eigenvalue weighted by molar-refractivity contribution is 0.307. The zero-order valence-electron chi connectivity index (χ0n) is 15.8. The molecule has 0 bridgehead atoms. The molecule has 0 amide bonds. The summed E-state index contributed by atoms with van der Waals surface area (Å²) in [4.78, 5) is 0.163. The maximum atomic E-state index is 12.3. The Labute approximate surface area is 163 Å². The fraction of sp³-hybridized carbons (Fsp3) is 0.278. The third-order valence-electron chi connectivity index (χ3n) is 4.00. The third kappa shape index (κ3) is 4.46. The number of methoxy groups -OCH3 is 1. The molecule has 148 valence electrons. The number of aryl methyl sites for hydroxylation is 2. The quantitative estimate of drug-likeness (QED) is 0.551. The summed E-state index contributed by atoms with van der Waals surface area (Å²) >= 11 is 0. The van der Waals surface area contributed by atoms with Gasteiger partial charge in [-0.2, -0.15) is 5.10 Å². The first-order chi connectivity index (χ1) is 13.4. The standard InChI is InChI=1S/C18H21N5O4S/c1-12-18(13(2)21-20-12)28(24,25)19-10-11-27-17-9-8-16(22-23-17)14-4-6-15(26-3)7-5-14/h4-9,19H,10-11H2,1-3H3,(H,20,21). The molecule has 0 aliphatic heterocycles. The van der Waals surface area contributed by atoms with E-state index in [9.17, 15) is 8.42 Å². The van der Waals surface area contributed by atoms with E-state index in [1.807, 2.05) is 24.3 Å². The van der Waals surface area contributed by atoms with Crippen LogP contribution in [0.4, 0.5) is 0 Å². The highest BCUT2D eigenvalue weighted by atomic mass is 32.2. The maximum absolute atomic E-state index is 12.3. The summed E-state index contributed by atoms with van der Waals surface area (Å²) in [5.41, 5.74) is 2.51. The van der Waals surface area contributed by atoms with Crippen LogP contribution in [0.1, 0.15) is 11.4 Å². The normalized spacial score (nSPS) is 11.4. The molecule has 3 rings (SSSR count). The summed E-state index contributed by atoms with van der Waals surface area (Å²) in [6.07, 6.45) is 0. The van der Waals surface area contributed by atoms with Crippen molar-refractivity contribution in [3.8, 4) is 22.9 Å². The van der Waals surface area contributed by atoms with Crippen molar-refractivity contribution in [2.75, 3.05) is 20.3 Å². The minimum absolute atomic E-state index is 0.0916. The molecule has 3 aromatic rings. The van der Waals surface area contributed by atoms with Crippen LogP contribution in [0.5, 0.6) is 11.6 Å². The van der Waals surface area contributed by atoms with E-state index < -0.39 is 10.0 Å². The van der Waals surface area contributed by atoms with E-state index in [4.69, 9.17) is 9.47 Å². The number of rotatable bonds is 8. The minimum atomic E-state index is -3.65. The van der Waals surface area contributed by atoms with Gasteiger partial charge < -0.3 is 9.47 Å². The van der Waals surface area contributed by atoms with Gasteiger partial charge in [0.15, 0.2) is 0 Å². The van der Waals surface area contributed by atoms with Crippen LogP contribution in [0.25, 0.3) is 11.3 Å². The molecule has 0 radical (unpaired) electrons. The van der Waals surface area contributed by atoms with Gasteiger partial charge in [-0.25, -0.2) is 13.1 Å². The van der Waals surface area contributed by atoms with Crippen molar-refractivity contribution in [3.05, 3.63) is 47.8 Å². The zero-order chi connectivity index (χ0) is 20.1. The number of nitrogens with zero attached hydrogens (tertiary/aromatic N) is 3. The number of hydrogen-bond donors (Lipinski definition) is 2. The third-order valence-corrected chi connectivity index (χ3v) is 5.72. The summed E-state index contributed by atoms with van der Waals surface area (Å²) in [5.74, 6) is 1.08. The summed E-state index contributed by atoms with van der Waals surface area (Å²) in [6.45, 7) is 3.50. The highest BCUT2D eigenvalue weighted by Crippen LogP contribution is 2.21. The molecule has 2 heterocycles. The molecule has 2 aromatic heterocycles. The Kier molecular flexibility index (Phi) is 5.90. The fourth-order valence-electron chi connectivity index (χ4n) is 2.65. The van der Waals surface area contributed by atoms with Gasteiger partial charge in [0, 0.05) is 18.2 Å². The van der Waals surface area contributed by atoms with Gasteiger partial charge in [-0.05, 0) is 44.2 Å². The van der Waals surface area contributed by atoms with E-state index in [-0.39, 0.29) is 18.0 Å². The van der Waals surface area contributed by atoms with Crippen LogP contribution in [-0.2, 0) is 10.0 Å². The highest BCUT2D eigenvalue weighted by Gasteiger charge is 2.21. The molecule has 0 aliphatic carbocycles. The Morgan fingerprint density at radius 3 is 2.39 bits per heavy atom. The number of sulfonamides is 1. The van der Waals surface area contributed by atoms with Crippen molar-refractivity contribution in [2.45, 2.75) is 18.7 Å². The van der Waals surface area contributed by atoms with Crippen molar-refractivity contribution >= 4 is 10.0 Å². The lowest BCUT2D eigenvalue weighted by atomic mass is 10.1. The molecular formula is C18H21N5O4S. The molecular weight excluding hydrogens is 382 g/mol. The Hall–Kier alpha value is -2.98. The average Bonchev–Trinajstić information content (AvgIpc) is 3.05. The molecule has 10 heteroatoms. The van der Waals surface area contributed by atoms with Crippen LogP contribution < -0.4 is 14.2 Å². The fourth-order valence-corrected chi connectivity index (χ4v) is 4.03. The van der Waals surface area contributed by atoms with E-state index in [0.29, 0.717) is 23.0 Å². The second kappa shape index (κ2) is 8.36. The maximum Gasteiger partial charge on any atom is 0.244 e. The largest absolute Gasteiger partial charge is 0.497 e. The van der Waals surface area contributed by atoms with Crippen molar-refractivity contribution in [1.82, 2.24) is 25.1 Å². The van der Waals surface area contributed by atoms with Crippen LogP contribution >= 0.6 is 0 Å². The van der Waals surface area contributed by atoms with Gasteiger partial charge in [0.2, 0.25) is 15.9 Å². The molecule has 0 saturated heterocycles.